The minimum atomic E-state index is -0.717. The summed E-state index contributed by atoms with van der Waals surface area (Å²) < 4.78 is 0. The molecule has 0 bridgehead atoms. The Balaban J connectivity index is 1.90. The van der Waals surface area contributed by atoms with Crippen LogP contribution in [0.2, 0.25) is 0 Å². The van der Waals surface area contributed by atoms with Gasteiger partial charge in [0.2, 0.25) is 0 Å². The van der Waals surface area contributed by atoms with Gasteiger partial charge in [-0.1, -0.05) is 42.2 Å². The molecule has 1 heteroatoms. The van der Waals surface area contributed by atoms with Crippen LogP contribution in [0.1, 0.15) is 44.6 Å². The van der Waals surface area contributed by atoms with Gasteiger partial charge in [0.1, 0.15) is 0 Å². The maximum absolute atomic E-state index is 10.5. The van der Waals surface area contributed by atoms with Crippen LogP contribution < -0.4 is 0 Å². The average Bonchev–Trinajstić information content (AvgIpc) is 2.49. The molecule has 104 valence electrons. The normalized spacial score (nSPS) is 18.0. The third-order valence-corrected chi connectivity index (χ3v) is 3.69. The standard InChI is InChI=1S/C19H22O/c1-19(20,18-14-8-3-9-15-18)16-10-4-7-13-17-11-5-2-6-12-17/h2,4-6,10-12,14,20H,3,8-9,15-16H2,1H3/b10-4-/t19-/m1/s1. The molecule has 0 saturated heterocycles. The Morgan fingerprint density at radius 3 is 2.75 bits per heavy atom. The van der Waals surface area contributed by atoms with Crippen molar-refractivity contribution in [3.8, 4) is 11.8 Å². The van der Waals surface area contributed by atoms with Crippen molar-refractivity contribution >= 4 is 0 Å². The van der Waals surface area contributed by atoms with Gasteiger partial charge in [0.15, 0.2) is 0 Å². The topological polar surface area (TPSA) is 20.2 Å². The van der Waals surface area contributed by atoms with Gasteiger partial charge in [-0.15, -0.1) is 0 Å². The second-order valence-electron chi connectivity index (χ2n) is 5.49. The van der Waals surface area contributed by atoms with Crippen molar-refractivity contribution in [3.05, 3.63) is 59.7 Å². The molecule has 2 rings (SSSR count). The number of benzene rings is 1. The summed E-state index contributed by atoms with van der Waals surface area (Å²) in [6, 6.07) is 9.92. The van der Waals surface area contributed by atoms with E-state index >= 15 is 0 Å². The quantitative estimate of drug-likeness (QED) is 0.641. The van der Waals surface area contributed by atoms with Crippen LogP contribution in [0.3, 0.4) is 0 Å². The Kier molecular flexibility index (Phi) is 5.21. The molecule has 1 aromatic carbocycles. The molecule has 0 spiro atoms. The Bertz CT molecular complexity index is 538. The molecule has 1 aliphatic rings. The summed E-state index contributed by atoms with van der Waals surface area (Å²) in [6.45, 7) is 1.90. The fraction of sp³-hybridized carbons (Fsp3) is 0.368. The maximum Gasteiger partial charge on any atom is 0.0863 e. The SMILES string of the molecule is C[C@@](O)(C/C=C\C#Cc1ccccc1)C1=CCCCC1. The number of hydrogen-bond donors (Lipinski definition) is 1. The summed E-state index contributed by atoms with van der Waals surface area (Å²) in [5.41, 5.74) is 1.48. The largest absolute Gasteiger partial charge is 0.385 e. The molecule has 1 atom stereocenters. The van der Waals surface area contributed by atoms with Gasteiger partial charge in [-0.25, -0.2) is 0 Å². The second-order valence-corrected chi connectivity index (χ2v) is 5.49. The summed E-state index contributed by atoms with van der Waals surface area (Å²) in [5.74, 6) is 6.09. The van der Waals surface area contributed by atoms with Crippen LogP contribution in [0, 0.1) is 11.8 Å². The smallest absolute Gasteiger partial charge is 0.0863 e. The van der Waals surface area contributed by atoms with Crippen molar-refractivity contribution in [2.45, 2.75) is 44.6 Å². The molecular weight excluding hydrogens is 244 g/mol. The van der Waals surface area contributed by atoms with Crippen molar-refractivity contribution in [3.63, 3.8) is 0 Å². The molecule has 1 N–H and O–H groups in total. The lowest BCUT2D eigenvalue weighted by molar-refractivity contribution is 0.0962. The first-order valence-electron chi connectivity index (χ1n) is 7.32. The van der Waals surface area contributed by atoms with Crippen LogP contribution in [0.4, 0.5) is 0 Å². The molecule has 0 unspecified atom stereocenters. The summed E-state index contributed by atoms with van der Waals surface area (Å²) in [4.78, 5) is 0. The Morgan fingerprint density at radius 1 is 1.25 bits per heavy atom. The van der Waals surface area contributed by atoms with E-state index in [-0.39, 0.29) is 0 Å². The fourth-order valence-electron chi connectivity index (χ4n) is 2.45. The fourth-order valence-corrected chi connectivity index (χ4v) is 2.45. The monoisotopic (exact) mass is 266 g/mol. The van der Waals surface area contributed by atoms with E-state index in [1.807, 2.05) is 49.4 Å². The Labute approximate surface area is 122 Å². The van der Waals surface area contributed by atoms with Crippen molar-refractivity contribution in [2.24, 2.45) is 0 Å². The van der Waals surface area contributed by atoms with E-state index < -0.39 is 5.60 Å². The summed E-state index contributed by atoms with van der Waals surface area (Å²) >= 11 is 0. The average molecular weight is 266 g/mol. The molecule has 1 aliphatic carbocycles. The first kappa shape index (κ1) is 14.6. The van der Waals surface area contributed by atoms with Crippen LogP contribution in [-0.4, -0.2) is 10.7 Å². The molecule has 0 amide bonds. The van der Waals surface area contributed by atoms with Gasteiger partial charge in [0, 0.05) is 5.56 Å². The van der Waals surface area contributed by atoms with E-state index in [2.05, 4.69) is 17.9 Å². The van der Waals surface area contributed by atoms with Crippen LogP contribution in [0.15, 0.2) is 54.1 Å². The molecule has 20 heavy (non-hydrogen) atoms. The van der Waals surface area contributed by atoms with E-state index in [0.29, 0.717) is 6.42 Å². The van der Waals surface area contributed by atoms with E-state index in [1.54, 1.807) is 0 Å². The molecule has 0 radical (unpaired) electrons. The number of allylic oxidation sites excluding steroid dienone is 2. The van der Waals surface area contributed by atoms with Gasteiger partial charge in [-0.2, -0.15) is 0 Å². The molecular formula is C19H22O. The summed E-state index contributed by atoms with van der Waals surface area (Å²) in [6.07, 6.45) is 11.2. The van der Waals surface area contributed by atoms with E-state index in [9.17, 15) is 5.11 Å². The highest BCUT2D eigenvalue weighted by molar-refractivity contribution is 5.36. The highest BCUT2D eigenvalue weighted by Crippen LogP contribution is 2.29. The lowest BCUT2D eigenvalue weighted by Crippen LogP contribution is -2.27. The predicted molar refractivity (Wildman–Crippen MR) is 84.3 cm³/mol. The lowest BCUT2D eigenvalue weighted by Gasteiger charge is -2.27. The molecule has 0 aliphatic heterocycles. The van der Waals surface area contributed by atoms with Gasteiger partial charge < -0.3 is 5.11 Å². The third kappa shape index (κ3) is 4.40. The van der Waals surface area contributed by atoms with Crippen molar-refractivity contribution in [2.75, 3.05) is 0 Å². The van der Waals surface area contributed by atoms with Gasteiger partial charge in [0.25, 0.3) is 0 Å². The number of rotatable bonds is 3. The third-order valence-electron chi connectivity index (χ3n) is 3.69. The minimum absolute atomic E-state index is 0.627. The van der Waals surface area contributed by atoms with Gasteiger partial charge in [-0.05, 0) is 62.8 Å². The van der Waals surface area contributed by atoms with Crippen molar-refractivity contribution in [1.29, 1.82) is 0 Å². The molecule has 0 fully saturated rings. The van der Waals surface area contributed by atoms with E-state index in [4.69, 9.17) is 0 Å². The molecule has 1 nitrogen and oxygen atoms in total. The highest BCUT2D eigenvalue weighted by atomic mass is 16.3. The van der Waals surface area contributed by atoms with Crippen molar-refractivity contribution < 1.29 is 5.11 Å². The minimum Gasteiger partial charge on any atom is -0.385 e. The maximum atomic E-state index is 10.5. The Hall–Kier alpha value is -1.78. The van der Waals surface area contributed by atoms with Crippen LogP contribution in [0.25, 0.3) is 0 Å². The first-order valence-corrected chi connectivity index (χ1v) is 7.32. The number of aliphatic hydroxyl groups is 1. The van der Waals surface area contributed by atoms with Crippen LogP contribution >= 0.6 is 0 Å². The predicted octanol–water partition coefficient (Wildman–Crippen LogP) is 4.24. The highest BCUT2D eigenvalue weighted by Gasteiger charge is 2.24. The molecule has 0 aromatic heterocycles. The lowest BCUT2D eigenvalue weighted by atomic mass is 9.84. The molecule has 0 saturated carbocycles. The zero-order valence-corrected chi connectivity index (χ0v) is 12.1. The number of hydrogen-bond acceptors (Lipinski definition) is 1. The zero-order valence-electron chi connectivity index (χ0n) is 12.1. The van der Waals surface area contributed by atoms with Gasteiger partial charge in [-0.3, -0.25) is 0 Å². The van der Waals surface area contributed by atoms with E-state index in [0.717, 1.165) is 18.4 Å². The molecule has 1 aromatic rings. The van der Waals surface area contributed by atoms with E-state index in [1.165, 1.54) is 18.4 Å². The Morgan fingerprint density at radius 2 is 2.05 bits per heavy atom. The van der Waals surface area contributed by atoms with Gasteiger partial charge >= 0.3 is 0 Å². The van der Waals surface area contributed by atoms with Gasteiger partial charge in [0.05, 0.1) is 5.60 Å². The van der Waals surface area contributed by atoms with Crippen LogP contribution in [-0.2, 0) is 0 Å². The van der Waals surface area contributed by atoms with Crippen LogP contribution in [0.5, 0.6) is 0 Å². The van der Waals surface area contributed by atoms with Crippen molar-refractivity contribution in [1.82, 2.24) is 0 Å². The first-order chi connectivity index (χ1) is 9.68. The second kappa shape index (κ2) is 7.12. The zero-order chi connectivity index (χ0) is 14.3. The summed E-state index contributed by atoms with van der Waals surface area (Å²) in [7, 11) is 0. The summed E-state index contributed by atoms with van der Waals surface area (Å²) in [5, 5.41) is 10.5. The molecule has 0 heterocycles.